The maximum Gasteiger partial charge on any atom is 0.115 e. The summed E-state index contributed by atoms with van der Waals surface area (Å²) in [6.45, 7) is 0. The molecule has 1 aliphatic rings. The molecule has 7 aromatic rings. The molecule has 1 aliphatic carbocycles. The number of nitrogens with zero attached hydrogens (tertiary/aromatic N) is 10. The molecule has 6 aromatic heterocycles. The summed E-state index contributed by atoms with van der Waals surface area (Å²) in [5.41, 5.74) is 11.1. The fourth-order valence-electron chi connectivity index (χ4n) is 6.28. The second-order valence-electron chi connectivity index (χ2n) is 11.2. The van der Waals surface area contributed by atoms with E-state index in [1.807, 2.05) is 86.1 Å². The van der Waals surface area contributed by atoms with Crippen molar-refractivity contribution in [1.82, 2.24) is 49.8 Å². The molecule has 0 spiro atoms. The first kappa shape index (κ1) is 28.8. The lowest BCUT2D eigenvalue weighted by molar-refractivity contribution is 0.717. The minimum Gasteiger partial charge on any atom is -0.261 e. The second-order valence-corrected chi connectivity index (χ2v) is 11.2. The average Bonchev–Trinajstić information content (AvgIpc) is 3.19. The first-order valence-corrected chi connectivity index (χ1v) is 15.3. The molecule has 2 unspecified atom stereocenters. The van der Waals surface area contributed by atoms with Crippen molar-refractivity contribution in [1.29, 1.82) is 0 Å². The lowest BCUT2D eigenvalue weighted by atomic mass is 9.72. The third kappa shape index (κ3) is 5.62. The summed E-state index contributed by atoms with van der Waals surface area (Å²) in [5.74, 6) is -0.303. The molecule has 0 N–H and O–H groups in total. The van der Waals surface area contributed by atoms with Gasteiger partial charge in [-0.25, -0.2) is 39.9 Å². The van der Waals surface area contributed by atoms with Gasteiger partial charge in [0.05, 0.1) is 5.69 Å². The Morgan fingerprint density at radius 3 is 1.58 bits per heavy atom. The van der Waals surface area contributed by atoms with E-state index in [1.165, 1.54) is 12.7 Å². The number of hydrogen-bond acceptors (Lipinski definition) is 10. The number of allylic oxidation sites excluding steroid dienone is 4. The van der Waals surface area contributed by atoms with Crippen molar-refractivity contribution in [3.63, 3.8) is 0 Å². The largest absolute Gasteiger partial charge is 0.261 e. The Labute approximate surface area is 276 Å². The normalized spacial score (nSPS) is 15.8. The van der Waals surface area contributed by atoms with E-state index in [9.17, 15) is 0 Å². The van der Waals surface area contributed by atoms with Crippen LogP contribution in [0.4, 0.5) is 0 Å². The van der Waals surface area contributed by atoms with Gasteiger partial charge in [-0.15, -0.1) is 0 Å². The molecule has 1 aromatic carbocycles. The van der Waals surface area contributed by atoms with Gasteiger partial charge in [-0.1, -0.05) is 24.3 Å². The van der Waals surface area contributed by atoms with Gasteiger partial charge in [0.25, 0.3) is 0 Å². The molecule has 8 rings (SSSR count). The van der Waals surface area contributed by atoms with E-state index in [-0.39, 0.29) is 11.8 Å². The van der Waals surface area contributed by atoms with Gasteiger partial charge in [0.15, 0.2) is 0 Å². The van der Waals surface area contributed by atoms with Crippen LogP contribution < -0.4 is 0 Å². The molecule has 0 radical (unpaired) electrons. The van der Waals surface area contributed by atoms with E-state index in [0.717, 1.165) is 67.0 Å². The van der Waals surface area contributed by atoms with Gasteiger partial charge >= 0.3 is 0 Å². The van der Waals surface area contributed by atoms with E-state index in [1.54, 1.807) is 18.9 Å². The Bertz CT molecular complexity index is 2150. The molecule has 0 amide bonds. The molecule has 228 valence electrons. The van der Waals surface area contributed by atoms with Crippen LogP contribution in [-0.2, 0) is 0 Å². The fraction of sp³-hybridized carbons (Fsp3) is 0.0526. The molecule has 6 heterocycles. The summed E-state index contributed by atoms with van der Waals surface area (Å²) in [6, 6.07) is 16.2. The minimum atomic E-state index is -0.154. The molecule has 10 heteroatoms. The monoisotopic (exact) mass is 622 g/mol. The SMILES string of the molecule is C1=C(c2cc(-c3cncnc3)c(-c3ccccn3)c(-c3cncnc3)c2)C=C(c2cncnc2)C(c2ccccn2)C1c1cncnc1. The van der Waals surface area contributed by atoms with Crippen LogP contribution in [0.2, 0.25) is 0 Å². The van der Waals surface area contributed by atoms with Gasteiger partial charge in [-0.2, -0.15) is 0 Å². The lowest BCUT2D eigenvalue weighted by Gasteiger charge is -2.32. The van der Waals surface area contributed by atoms with Crippen molar-refractivity contribution in [2.75, 3.05) is 0 Å². The van der Waals surface area contributed by atoms with Crippen LogP contribution in [0, 0.1) is 0 Å². The predicted molar refractivity (Wildman–Crippen MR) is 181 cm³/mol. The number of hydrogen-bond donors (Lipinski definition) is 0. The summed E-state index contributed by atoms with van der Waals surface area (Å²) in [4.78, 5) is 44.6. The molecule has 0 fully saturated rings. The summed E-state index contributed by atoms with van der Waals surface area (Å²) < 4.78 is 0. The molecule has 48 heavy (non-hydrogen) atoms. The average molecular weight is 623 g/mol. The van der Waals surface area contributed by atoms with Gasteiger partial charge in [-0.3, -0.25) is 9.97 Å². The van der Waals surface area contributed by atoms with Crippen molar-refractivity contribution in [2.24, 2.45) is 0 Å². The highest BCUT2D eigenvalue weighted by Crippen LogP contribution is 2.49. The molecule has 0 aliphatic heterocycles. The topological polar surface area (TPSA) is 129 Å². The van der Waals surface area contributed by atoms with E-state index in [2.05, 4.69) is 70.2 Å². The molecular weight excluding hydrogens is 596 g/mol. The van der Waals surface area contributed by atoms with Crippen LogP contribution in [0.25, 0.3) is 44.7 Å². The standard InChI is InChI=1S/C38H26N10/c1-3-7-47-35(5-1)37-31(27-13-39-21-40-14-27)9-25(10-32(37)28-15-41-22-42-16-28)26-11-33(29-17-43-23-44-18-29)38(36-6-2-4-8-48-36)34(12-26)30-19-45-24-46-20-30/h1-24,31,37H. The predicted octanol–water partition coefficient (Wildman–Crippen LogP) is 6.69. The van der Waals surface area contributed by atoms with Crippen molar-refractivity contribution < 1.29 is 0 Å². The highest BCUT2D eigenvalue weighted by Gasteiger charge is 2.33. The highest BCUT2D eigenvalue weighted by molar-refractivity contribution is 5.98. The molecular formula is C38H26N10. The van der Waals surface area contributed by atoms with E-state index >= 15 is 0 Å². The van der Waals surface area contributed by atoms with Crippen molar-refractivity contribution in [2.45, 2.75) is 11.8 Å². The Morgan fingerprint density at radius 1 is 0.500 bits per heavy atom. The third-order valence-corrected chi connectivity index (χ3v) is 8.37. The van der Waals surface area contributed by atoms with Gasteiger partial charge in [-0.05, 0) is 69.8 Å². The second kappa shape index (κ2) is 13.0. The quantitative estimate of drug-likeness (QED) is 0.190. The zero-order chi connectivity index (χ0) is 32.1. The Balaban J connectivity index is 1.42. The van der Waals surface area contributed by atoms with Crippen LogP contribution >= 0.6 is 0 Å². The minimum absolute atomic E-state index is 0.149. The van der Waals surface area contributed by atoms with Crippen LogP contribution in [0.15, 0.2) is 148 Å². The van der Waals surface area contributed by atoms with Gasteiger partial charge in [0.1, 0.15) is 25.3 Å². The molecule has 2 atom stereocenters. The van der Waals surface area contributed by atoms with Crippen molar-refractivity contribution in [3.05, 3.63) is 170 Å². The summed E-state index contributed by atoms with van der Waals surface area (Å²) in [6.07, 6.45) is 29.0. The smallest absolute Gasteiger partial charge is 0.115 e. The van der Waals surface area contributed by atoms with E-state index in [0.29, 0.717) is 0 Å². The first-order chi connectivity index (χ1) is 23.8. The zero-order valence-corrected chi connectivity index (χ0v) is 25.5. The molecule has 0 saturated heterocycles. The number of rotatable bonds is 7. The van der Waals surface area contributed by atoms with Crippen LogP contribution in [0.3, 0.4) is 0 Å². The Morgan fingerprint density at radius 2 is 1.04 bits per heavy atom. The number of benzene rings is 1. The number of pyridine rings is 2. The Hall–Kier alpha value is -6.68. The van der Waals surface area contributed by atoms with Gasteiger partial charge < -0.3 is 0 Å². The Kier molecular flexibility index (Phi) is 7.78. The molecule has 0 bridgehead atoms. The van der Waals surface area contributed by atoms with Crippen LogP contribution in [0.5, 0.6) is 0 Å². The maximum atomic E-state index is 4.82. The van der Waals surface area contributed by atoms with Crippen LogP contribution in [-0.4, -0.2) is 49.8 Å². The number of aromatic nitrogens is 10. The van der Waals surface area contributed by atoms with Gasteiger partial charge in [0.2, 0.25) is 0 Å². The molecule has 10 nitrogen and oxygen atoms in total. The zero-order valence-electron chi connectivity index (χ0n) is 25.5. The van der Waals surface area contributed by atoms with E-state index < -0.39 is 0 Å². The van der Waals surface area contributed by atoms with Crippen molar-refractivity contribution in [3.8, 4) is 33.5 Å². The van der Waals surface area contributed by atoms with E-state index in [4.69, 9.17) is 9.97 Å². The molecule has 0 saturated carbocycles. The van der Waals surface area contributed by atoms with Crippen molar-refractivity contribution >= 4 is 11.1 Å². The summed E-state index contributed by atoms with van der Waals surface area (Å²) in [5, 5.41) is 0. The van der Waals surface area contributed by atoms with Crippen LogP contribution in [0.1, 0.15) is 34.2 Å². The fourth-order valence-corrected chi connectivity index (χ4v) is 6.28. The van der Waals surface area contributed by atoms with Gasteiger partial charge in [0, 0.05) is 102 Å². The maximum absolute atomic E-state index is 4.82. The highest BCUT2D eigenvalue weighted by atomic mass is 14.8. The first-order valence-electron chi connectivity index (χ1n) is 15.3. The third-order valence-electron chi connectivity index (χ3n) is 8.37. The summed E-state index contributed by atoms with van der Waals surface area (Å²) >= 11 is 0. The summed E-state index contributed by atoms with van der Waals surface area (Å²) in [7, 11) is 0. The lowest BCUT2D eigenvalue weighted by Crippen LogP contribution is -2.17.